The van der Waals surface area contributed by atoms with Crippen LogP contribution in [0.3, 0.4) is 0 Å². The summed E-state index contributed by atoms with van der Waals surface area (Å²) in [7, 11) is 0. The Hall–Kier alpha value is -1.90. The van der Waals surface area contributed by atoms with Crippen LogP contribution in [-0.4, -0.2) is 0 Å². The van der Waals surface area contributed by atoms with Crippen molar-refractivity contribution in [3.8, 4) is 0 Å². The molecule has 0 spiro atoms. The summed E-state index contributed by atoms with van der Waals surface area (Å²) in [5, 5.41) is 3.13. The number of rotatable bonds is 5. The van der Waals surface area contributed by atoms with Gasteiger partial charge < -0.3 is 5.32 Å². The molecular formula is C17H19F2N. The number of nitrogens with one attached hydrogen (secondary N) is 1. The molecule has 1 atom stereocenters. The molecule has 0 aromatic heterocycles. The van der Waals surface area contributed by atoms with Gasteiger partial charge in [0.05, 0.1) is 6.04 Å². The monoisotopic (exact) mass is 275 g/mol. The highest BCUT2D eigenvalue weighted by Crippen LogP contribution is 2.24. The Morgan fingerprint density at radius 1 is 1.00 bits per heavy atom. The highest BCUT2D eigenvalue weighted by Gasteiger charge is 2.15. The van der Waals surface area contributed by atoms with Crippen molar-refractivity contribution in [2.24, 2.45) is 0 Å². The highest BCUT2D eigenvalue weighted by molar-refractivity contribution is 5.47. The van der Waals surface area contributed by atoms with Gasteiger partial charge in [-0.15, -0.1) is 0 Å². The lowest BCUT2D eigenvalue weighted by Gasteiger charge is -2.17. The molecule has 0 bridgehead atoms. The first-order valence-electron chi connectivity index (χ1n) is 6.91. The van der Waals surface area contributed by atoms with Crippen LogP contribution in [0.15, 0.2) is 42.5 Å². The molecule has 2 aromatic rings. The average Bonchev–Trinajstić information content (AvgIpc) is 2.41. The summed E-state index contributed by atoms with van der Waals surface area (Å²) in [6.45, 7) is 3.89. The molecule has 0 amide bonds. The van der Waals surface area contributed by atoms with Crippen molar-refractivity contribution in [1.29, 1.82) is 0 Å². The first kappa shape index (κ1) is 14.5. The maximum Gasteiger partial charge on any atom is 0.131 e. The van der Waals surface area contributed by atoms with E-state index in [1.54, 1.807) is 6.92 Å². The minimum absolute atomic E-state index is 0.0742. The Balaban J connectivity index is 2.13. The molecule has 0 aliphatic rings. The molecule has 0 saturated heterocycles. The van der Waals surface area contributed by atoms with Crippen LogP contribution in [0.25, 0.3) is 0 Å². The topological polar surface area (TPSA) is 12.0 Å². The normalized spacial score (nSPS) is 12.2. The SMILES string of the molecule is CCCc1ccc(NC(C)c2c(F)cccc2F)cc1. The van der Waals surface area contributed by atoms with E-state index in [2.05, 4.69) is 12.2 Å². The fraction of sp³-hybridized carbons (Fsp3) is 0.294. The molecule has 0 heterocycles. The van der Waals surface area contributed by atoms with Crippen molar-refractivity contribution in [2.75, 3.05) is 5.32 Å². The van der Waals surface area contributed by atoms with Crippen LogP contribution in [0.1, 0.15) is 37.4 Å². The van der Waals surface area contributed by atoms with E-state index in [9.17, 15) is 8.78 Å². The average molecular weight is 275 g/mol. The van der Waals surface area contributed by atoms with Crippen molar-refractivity contribution < 1.29 is 8.78 Å². The Bertz CT molecular complexity index is 543. The quantitative estimate of drug-likeness (QED) is 0.801. The van der Waals surface area contributed by atoms with Gasteiger partial charge in [-0.3, -0.25) is 0 Å². The molecule has 0 radical (unpaired) electrons. The van der Waals surface area contributed by atoms with Crippen LogP contribution in [0.2, 0.25) is 0 Å². The van der Waals surface area contributed by atoms with Crippen LogP contribution >= 0.6 is 0 Å². The molecule has 0 aliphatic heterocycles. The third-order valence-electron chi connectivity index (χ3n) is 3.31. The van der Waals surface area contributed by atoms with E-state index in [1.807, 2.05) is 24.3 Å². The minimum atomic E-state index is -0.521. The number of hydrogen-bond acceptors (Lipinski definition) is 1. The second-order valence-corrected chi connectivity index (χ2v) is 4.95. The van der Waals surface area contributed by atoms with E-state index in [0.29, 0.717) is 0 Å². The van der Waals surface area contributed by atoms with Crippen LogP contribution in [0, 0.1) is 11.6 Å². The molecule has 1 N–H and O–H groups in total. The Morgan fingerprint density at radius 3 is 2.15 bits per heavy atom. The van der Waals surface area contributed by atoms with Crippen LogP contribution in [0.4, 0.5) is 14.5 Å². The summed E-state index contributed by atoms with van der Waals surface area (Å²) in [6.07, 6.45) is 2.14. The number of benzene rings is 2. The van der Waals surface area contributed by atoms with Gasteiger partial charge in [-0.2, -0.15) is 0 Å². The number of hydrogen-bond donors (Lipinski definition) is 1. The summed E-state index contributed by atoms with van der Waals surface area (Å²) in [4.78, 5) is 0. The summed E-state index contributed by atoms with van der Waals surface area (Å²) >= 11 is 0. The highest BCUT2D eigenvalue weighted by atomic mass is 19.1. The van der Waals surface area contributed by atoms with Gasteiger partial charge in [-0.25, -0.2) is 8.78 Å². The summed E-state index contributed by atoms with van der Waals surface area (Å²) in [5.74, 6) is -1.04. The molecule has 0 aliphatic carbocycles. The molecule has 1 unspecified atom stereocenters. The first-order valence-corrected chi connectivity index (χ1v) is 6.91. The van der Waals surface area contributed by atoms with E-state index in [1.165, 1.54) is 23.8 Å². The molecule has 1 nitrogen and oxygen atoms in total. The molecular weight excluding hydrogens is 256 g/mol. The van der Waals surface area contributed by atoms with Gasteiger partial charge in [0.15, 0.2) is 0 Å². The zero-order valence-electron chi connectivity index (χ0n) is 11.8. The fourth-order valence-electron chi connectivity index (χ4n) is 2.30. The van der Waals surface area contributed by atoms with Crippen LogP contribution in [0.5, 0.6) is 0 Å². The van der Waals surface area contributed by atoms with E-state index in [4.69, 9.17) is 0 Å². The van der Waals surface area contributed by atoms with Crippen molar-refractivity contribution in [3.63, 3.8) is 0 Å². The van der Waals surface area contributed by atoms with Gasteiger partial charge in [0.25, 0.3) is 0 Å². The fourth-order valence-corrected chi connectivity index (χ4v) is 2.30. The zero-order chi connectivity index (χ0) is 14.5. The lowest BCUT2D eigenvalue weighted by atomic mass is 10.1. The van der Waals surface area contributed by atoms with E-state index >= 15 is 0 Å². The lowest BCUT2D eigenvalue weighted by molar-refractivity contribution is 0.544. The molecule has 106 valence electrons. The van der Waals surface area contributed by atoms with Gasteiger partial charge in [0, 0.05) is 11.3 Å². The second kappa shape index (κ2) is 6.51. The first-order chi connectivity index (χ1) is 9.61. The molecule has 3 heteroatoms. The van der Waals surface area contributed by atoms with Gasteiger partial charge in [-0.1, -0.05) is 31.5 Å². The Morgan fingerprint density at radius 2 is 1.60 bits per heavy atom. The molecule has 20 heavy (non-hydrogen) atoms. The van der Waals surface area contributed by atoms with Gasteiger partial charge in [0.2, 0.25) is 0 Å². The Kier molecular flexibility index (Phi) is 4.72. The standard InChI is InChI=1S/C17H19F2N/c1-3-5-13-8-10-14(11-9-13)20-12(2)17-15(18)6-4-7-16(17)19/h4,6-12,20H,3,5H2,1-2H3. The smallest absolute Gasteiger partial charge is 0.131 e. The van der Waals surface area contributed by atoms with Crippen molar-refractivity contribution >= 4 is 5.69 Å². The predicted octanol–water partition coefficient (Wildman–Crippen LogP) is 5.09. The van der Waals surface area contributed by atoms with E-state index in [0.717, 1.165) is 18.5 Å². The third-order valence-corrected chi connectivity index (χ3v) is 3.31. The third kappa shape index (κ3) is 3.35. The van der Waals surface area contributed by atoms with Gasteiger partial charge >= 0.3 is 0 Å². The molecule has 2 aromatic carbocycles. The zero-order valence-corrected chi connectivity index (χ0v) is 11.8. The van der Waals surface area contributed by atoms with Gasteiger partial charge in [-0.05, 0) is 43.2 Å². The minimum Gasteiger partial charge on any atom is -0.378 e. The van der Waals surface area contributed by atoms with Crippen molar-refractivity contribution in [1.82, 2.24) is 0 Å². The maximum absolute atomic E-state index is 13.7. The van der Waals surface area contributed by atoms with Gasteiger partial charge in [0.1, 0.15) is 11.6 Å². The largest absolute Gasteiger partial charge is 0.378 e. The number of halogens is 2. The summed E-state index contributed by atoms with van der Waals surface area (Å²) in [5.41, 5.74) is 2.20. The number of aryl methyl sites for hydroxylation is 1. The predicted molar refractivity (Wildman–Crippen MR) is 78.8 cm³/mol. The molecule has 0 saturated carbocycles. The number of anilines is 1. The Labute approximate surface area is 118 Å². The second-order valence-electron chi connectivity index (χ2n) is 4.95. The van der Waals surface area contributed by atoms with Crippen LogP contribution < -0.4 is 5.32 Å². The van der Waals surface area contributed by atoms with E-state index < -0.39 is 17.7 Å². The van der Waals surface area contributed by atoms with Crippen molar-refractivity contribution in [3.05, 3.63) is 65.2 Å². The molecule has 0 fully saturated rings. The lowest BCUT2D eigenvalue weighted by Crippen LogP contribution is -2.10. The molecule has 2 rings (SSSR count). The summed E-state index contributed by atoms with van der Waals surface area (Å²) in [6, 6.07) is 11.5. The van der Waals surface area contributed by atoms with E-state index in [-0.39, 0.29) is 5.56 Å². The maximum atomic E-state index is 13.7. The van der Waals surface area contributed by atoms with Crippen molar-refractivity contribution in [2.45, 2.75) is 32.7 Å². The van der Waals surface area contributed by atoms with Crippen LogP contribution in [-0.2, 0) is 6.42 Å². The summed E-state index contributed by atoms with van der Waals surface area (Å²) < 4.78 is 27.4.